The largest absolute Gasteiger partial charge is 0.352 e. The zero-order valence-corrected chi connectivity index (χ0v) is 18.3. The van der Waals surface area contributed by atoms with Crippen LogP contribution in [0, 0.1) is 0 Å². The second-order valence-electron chi connectivity index (χ2n) is 8.66. The van der Waals surface area contributed by atoms with Crippen LogP contribution in [0.5, 0.6) is 0 Å². The van der Waals surface area contributed by atoms with Crippen molar-refractivity contribution in [1.82, 2.24) is 15.1 Å². The molecular weight excluding hydrogens is 382 g/mol. The molecule has 1 aliphatic carbocycles. The van der Waals surface area contributed by atoms with E-state index in [9.17, 15) is 9.59 Å². The zero-order chi connectivity index (χ0) is 20.4. The maximum atomic E-state index is 12.8. The van der Waals surface area contributed by atoms with E-state index >= 15 is 0 Å². The third-order valence-corrected chi connectivity index (χ3v) is 7.43. The number of hydrogen-bond donors (Lipinski definition) is 1. The molecule has 0 bridgehead atoms. The summed E-state index contributed by atoms with van der Waals surface area (Å²) < 4.78 is 1.17. The summed E-state index contributed by atoms with van der Waals surface area (Å²) in [6.45, 7) is 2.21. The van der Waals surface area contributed by atoms with E-state index in [-0.39, 0.29) is 11.8 Å². The normalized spacial score (nSPS) is 20.8. The van der Waals surface area contributed by atoms with Crippen molar-refractivity contribution < 1.29 is 9.59 Å². The van der Waals surface area contributed by atoms with Gasteiger partial charge in [-0.1, -0.05) is 37.5 Å². The fourth-order valence-corrected chi connectivity index (χ4v) is 6.08. The average molecular weight is 414 g/mol. The Kier molecular flexibility index (Phi) is 6.20. The number of carbonyl (C=O) groups is 2. The number of fused-ring (bicyclic) bond motifs is 1. The molecule has 2 aromatic rings. The third-order valence-electron chi connectivity index (χ3n) is 6.25. The second-order valence-corrected chi connectivity index (χ2v) is 9.72. The molecule has 1 aromatic heterocycles. The fraction of sp³-hybridized carbons (Fsp3) is 0.565. The van der Waals surface area contributed by atoms with Crippen molar-refractivity contribution in [3.63, 3.8) is 0 Å². The van der Waals surface area contributed by atoms with Gasteiger partial charge in [0.05, 0.1) is 11.4 Å². The number of nitrogens with zero attached hydrogens (tertiary/aromatic N) is 2. The molecule has 1 unspecified atom stereocenters. The summed E-state index contributed by atoms with van der Waals surface area (Å²) in [5.74, 6) is 0.527. The number of benzene rings is 1. The molecule has 5 nitrogen and oxygen atoms in total. The number of amides is 2. The van der Waals surface area contributed by atoms with Gasteiger partial charge in [0, 0.05) is 37.3 Å². The molecule has 1 saturated carbocycles. The molecule has 2 heterocycles. The molecule has 6 heteroatoms. The van der Waals surface area contributed by atoms with E-state index < -0.39 is 0 Å². The van der Waals surface area contributed by atoms with Crippen molar-refractivity contribution in [1.29, 1.82) is 0 Å². The van der Waals surface area contributed by atoms with Crippen LogP contribution in [0.1, 0.15) is 59.7 Å². The Morgan fingerprint density at radius 2 is 1.90 bits per heavy atom. The van der Waals surface area contributed by atoms with E-state index in [4.69, 9.17) is 0 Å². The molecule has 4 rings (SSSR count). The van der Waals surface area contributed by atoms with Gasteiger partial charge < -0.3 is 10.2 Å². The van der Waals surface area contributed by atoms with Crippen LogP contribution in [-0.2, 0) is 4.79 Å². The third kappa shape index (κ3) is 4.48. The Balaban J connectivity index is 1.47. The number of nitrogens with one attached hydrogen (secondary N) is 1. The van der Waals surface area contributed by atoms with Gasteiger partial charge in [-0.3, -0.25) is 14.5 Å². The van der Waals surface area contributed by atoms with Gasteiger partial charge in [-0.15, -0.1) is 11.3 Å². The van der Waals surface area contributed by atoms with Crippen molar-refractivity contribution >= 4 is 33.2 Å². The van der Waals surface area contributed by atoms with Crippen LogP contribution >= 0.6 is 11.3 Å². The maximum absolute atomic E-state index is 12.8. The summed E-state index contributed by atoms with van der Waals surface area (Å²) in [6, 6.07) is 8.67. The highest BCUT2D eigenvalue weighted by Gasteiger charge is 2.32. The van der Waals surface area contributed by atoms with Gasteiger partial charge in [-0.2, -0.15) is 0 Å². The van der Waals surface area contributed by atoms with Gasteiger partial charge in [0.2, 0.25) is 5.91 Å². The smallest absolute Gasteiger partial charge is 0.263 e. The van der Waals surface area contributed by atoms with Crippen LogP contribution in [0.25, 0.3) is 10.1 Å². The summed E-state index contributed by atoms with van der Waals surface area (Å²) in [5, 5.41) is 4.43. The minimum absolute atomic E-state index is 0.0784. The van der Waals surface area contributed by atoms with Crippen molar-refractivity contribution in [3.05, 3.63) is 34.7 Å². The molecule has 1 N–H and O–H groups in total. The van der Waals surface area contributed by atoms with Gasteiger partial charge in [-0.05, 0) is 42.8 Å². The van der Waals surface area contributed by atoms with Crippen LogP contribution in [0.3, 0.4) is 0 Å². The molecule has 2 aliphatic rings. The van der Waals surface area contributed by atoms with E-state index in [2.05, 4.69) is 22.3 Å². The lowest BCUT2D eigenvalue weighted by atomic mass is 9.95. The maximum Gasteiger partial charge on any atom is 0.263 e. The van der Waals surface area contributed by atoms with Crippen LogP contribution in [0.4, 0.5) is 0 Å². The highest BCUT2D eigenvalue weighted by molar-refractivity contribution is 7.21. The van der Waals surface area contributed by atoms with Gasteiger partial charge >= 0.3 is 0 Å². The Hall–Kier alpha value is -1.92. The lowest BCUT2D eigenvalue weighted by molar-refractivity contribution is -0.122. The fourth-order valence-electron chi connectivity index (χ4n) is 4.77. The van der Waals surface area contributed by atoms with Crippen molar-refractivity contribution in [2.75, 3.05) is 33.7 Å². The van der Waals surface area contributed by atoms with E-state index in [1.807, 2.05) is 26.2 Å². The standard InChI is InChI=1S/C23H31N3O2S/c1-25(2)23(28)22-21(18-10-6-7-11-19(18)29-22)16-12-13-26(14-16)15-20(27)24-17-8-4-3-5-9-17/h6-7,10-11,16-17H,3-5,8-9,12-15H2,1-2H3,(H,24,27). The van der Waals surface area contributed by atoms with Crippen molar-refractivity contribution in [2.24, 2.45) is 0 Å². The average Bonchev–Trinajstić information content (AvgIpc) is 3.31. The number of hydrogen-bond acceptors (Lipinski definition) is 4. The first-order chi connectivity index (χ1) is 14.0. The van der Waals surface area contributed by atoms with E-state index in [0.29, 0.717) is 18.5 Å². The molecule has 156 valence electrons. The summed E-state index contributed by atoms with van der Waals surface area (Å²) >= 11 is 1.60. The Labute approximate surface area is 177 Å². The van der Waals surface area contributed by atoms with Crippen LogP contribution in [-0.4, -0.2) is 61.4 Å². The second kappa shape index (κ2) is 8.84. The number of thiophene rings is 1. The van der Waals surface area contributed by atoms with Gasteiger partial charge in [0.25, 0.3) is 5.91 Å². The molecule has 1 aromatic carbocycles. The molecule has 0 radical (unpaired) electrons. The summed E-state index contributed by atoms with van der Waals surface area (Å²) in [6.07, 6.45) is 6.97. The molecule has 29 heavy (non-hydrogen) atoms. The summed E-state index contributed by atoms with van der Waals surface area (Å²) in [4.78, 5) is 30.1. The highest BCUT2D eigenvalue weighted by Crippen LogP contribution is 2.40. The Morgan fingerprint density at radius 1 is 1.14 bits per heavy atom. The molecule has 2 fully saturated rings. The minimum Gasteiger partial charge on any atom is -0.352 e. The monoisotopic (exact) mass is 413 g/mol. The first kappa shape index (κ1) is 20.4. The zero-order valence-electron chi connectivity index (χ0n) is 17.4. The summed E-state index contributed by atoms with van der Waals surface area (Å²) in [5.41, 5.74) is 1.18. The molecule has 0 spiro atoms. The quantitative estimate of drug-likeness (QED) is 0.810. The van der Waals surface area contributed by atoms with E-state index in [1.54, 1.807) is 16.2 Å². The van der Waals surface area contributed by atoms with Crippen molar-refractivity contribution in [2.45, 2.75) is 50.5 Å². The topological polar surface area (TPSA) is 52.7 Å². The molecule has 1 aliphatic heterocycles. The van der Waals surface area contributed by atoms with Gasteiger partial charge in [0.1, 0.15) is 0 Å². The van der Waals surface area contributed by atoms with Gasteiger partial charge in [-0.25, -0.2) is 0 Å². The lowest BCUT2D eigenvalue weighted by Crippen LogP contribution is -2.42. The predicted octanol–water partition coefficient (Wildman–Crippen LogP) is 3.84. The number of rotatable bonds is 5. The Morgan fingerprint density at radius 3 is 2.66 bits per heavy atom. The molecule has 2 amide bonds. The SMILES string of the molecule is CN(C)C(=O)c1sc2ccccc2c1C1CCN(CC(=O)NC2CCCCC2)C1. The number of carbonyl (C=O) groups excluding carboxylic acids is 2. The summed E-state index contributed by atoms with van der Waals surface area (Å²) in [7, 11) is 3.63. The first-order valence-electron chi connectivity index (χ1n) is 10.8. The molecule has 1 saturated heterocycles. The first-order valence-corrected chi connectivity index (χ1v) is 11.6. The number of likely N-dealkylation sites (tertiary alicyclic amines) is 1. The predicted molar refractivity (Wildman–Crippen MR) is 119 cm³/mol. The highest BCUT2D eigenvalue weighted by atomic mass is 32.1. The Bertz CT molecular complexity index is 885. The molecule has 1 atom stereocenters. The van der Waals surface area contributed by atoms with E-state index in [0.717, 1.165) is 37.2 Å². The van der Waals surface area contributed by atoms with Gasteiger partial charge in [0.15, 0.2) is 0 Å². The van der Waals surface area contributed by atoms with Crippen LogP contribution in [0.2, 0.25) is 0 Å². The molecular formula is C23H31N3O2S. The van der Waals surface area contributed by atoms with Crippen LogP contribution in [0.15, 0.2) is 24.3 Å². The lowest BCUT2D eigenvalue weighted by Gasteiger charge is -2.24. The van der Waals surface area contributed by atoms with E-state index in [1.165, 1.54) is 34.9 Å². The van der Waals surface area contributed by atoms with Crippen LogP contribution < -0.4 is 5.32 Å². The minimum atomic E-state index is 0.0784. The van der Waals surface area contributed by atoms with Crippen molar-refractivity contribution in [3.8, 4) is 0 Å².